The van der Waals surface area contributed by atoms with Crippen molar-refractivity contribution in [3.05, 3.63) is 58.3 Å². The molecule has 1 nitrogen and oxygen atoms in total. The number of ketones is 1. The number of carbonyl (C=O) groups is 1. The Morgan fingerprint density at radius 1 is 1.19 bits per heavy atom. The largest absolute Gasteiger partial charge is 0.450 e. The van der Waals surface area contributed by atoms with Crippen LogP contribution in [0.15, 0.2) is 47.2 Å². The summed E-state index contributed by atoms with van der Waals surface area (Å²) >= 11 is 1.46. The average molecular weight is 308 g/mol. The third kappa shape index (κ3) is 4.47. The van der Waals surface area contributed by atoms with Crippen molar-refractivity contribution < 1.29 is 18.0 Å². The minimum atomic E-state index is -4.82. The van der Waals surface area contributed by atoms with Gasteiger partial charge in [-0.15, -0.1) is 0 Å². The molecule has 1 atom stereocenters. The van der Waals surface area contributed by atoms with Crippen LogP contribution in [0.3, 0.4) is 0 Å². The summed E-state index contributed by atoms with van der Waals surface area (Å²) in [5, 5.41) is 3.64. The lowest BCUT2D eigenvalue weighted by molar-refractivity contribution is -0.171. The standard InChI is InChI=1S/C16H11F3OS/c17-16(18,19)15(20)10-14(13-4-2-1-3-5-13)7-6-12-8-9-21-11-12/h1-5,8-9,11,14H,10H2/t14-/m1/s1. The van der Waals surface area contributed by atoms with Crippen LogP contribution in [0, 0.1) is 11.8 Å². The van der Waals surface area contributed by atoms with E-state index in [2.05, 4.69) is 11.8 Å². The lowest BCUT2D eigenvalue weighted by Crippen LogP contribution is -2.24. The van der Waals surface area contributed by atoms with Gasteiger partial charge in [-0.05, 0) is 17.0 Å². The third-order valence-corrected chi connectivity index (χ3v) is 3.50. The van der Waals surface area contributed by atoms with Crippen LogP contribution in [-0.2, 0) is 4.79 Å². The number of thiophene rings is 1. The number of rotatable bonds is 3. The topological polar surface area (TPSA) is 17.1 Å². The molecular weight excluding hydrogens is 297 g/mol. The van der Waals surface area contributed by atoms with Crippen molar-refractivity contribution in [3.63, 3.8) is 0 Å². The zero-order valence-corrected chi connectivity index (χ0v) is 11.7. The van der Waals surface area contributed by atoms with Crippen LogP contribution in [0.4, 0.5) is 13.2 Å². The number of halogens is 3. The molecule has 0 saturated carbocycles. The normalized spacial score (nSPS) is 12.3. The molecule has 0 aliphatic carbocycles. The summed E-state index contributed by atoms with van der Waals surface area (Å²) in [7, 11) is 0. The van der Waals surface area contributed by atoms with Gasteiger partial charge in [0.15, 0.2) is 0 Å². The van der Waals surface area contributed by atoms with E-state index in [0.29, 0.717) is 5.56 Å². The fourth-order valence-electron chi connectivity index (χ4n) is 1.74. The predicted octanol–water partition coefficient (Wildman–Crippen LogP) is 4.40. The Morgan fingerprint density at radius 2 is 1.90 bits per heavy atom. The lowest BCUT2D eigenvalue weighted by Gasteiger charge is -2.11. The molecule has 0 fully saturated rings. The number of Topliss-reactive ketones (excluding diaryl/α,β-unsaturated/α-hetero) is 1. The van der Waals surface area contributed by atoms with Crippen LogP contribution >= 0.6 is 11.3 Å². The molecule has 0 spiro atoms. The van der Waals surface area contributed by atoms with E-state index in [9.17, 15) is 18.0 Å². The van der Waals surface area contributed by atoms with Crippen molar-refractivity contribution in [1.82, 2.24) is 0 Å². The van der Waals surface area contributed by atoms with Gasteiger partial charge in [-0.1, -0.05) is 42.2 Å². The Morgan fingerprint density at radius 3 is 2.48 bits per heavy atom. The molecule has 1 aromatic heterocycles. The monoisotopic (exact) mass is 308 g/mol. The fourth-order valence-corrected chi connectivity index (χ4v) is 2.33. The van der Waals surface area contributed by atoms with Gasteiger partial charge in [0.05, 0.1) is 5.92 Å². The molecule has 0 N–H and O–H groups in total. The Labute approximate surface area is 124 Å². The lowest BCUT2D eigenvalue weighted by atomic mass is 9.94. The van der Waals surface area contributed by atoms with Crippen molar-refractivity contribution in [3.8, 4) is 11.8 Å². The smallest absolute Gasteiger partial charge is 0.290 e. The van der Waals surface area contributed by atoms with Crippen molar-refractivity contribution in [1.29, 1.82) is 0 Å². The van der Waals surface area contributed by atoms with Gasteiger partial charge in [-0.2, -0.15) is 24.5 Å². The summed E-state index contributed by atoms with van der Waals surface area (Å²) in [6.07, 6.45) is -5.48. The van der Waals surface area contributed by atoms with Crippen LogP contribution in [0.1, 0.15) is 23.5 Å². The Balaban J connectivity index is 2.25. The second-order valence-electron chi connectivity index (χ2n) is 4.37. The molecule has 2 aromatic rings. The van der Waals surface area contributed by atoms with Gasteiger partial charge in [0.25, 0.3) is 0 Å². The Bertz CT molecular complexity index is 648. The number of carbonyl (C=O) groups excluding carboxylic acids is 1. The number of benzene rings is 1. The van der Waals surface area contributed by atoms with Gasteiger partial charge in [0.2, 0.25) is 5.78 Å². The molecule has 0 aliphatic heterocycles. The summed E-state index contributed by atoms with van der Waals surface area (Å²) in [5.74, 6) is 3.08. The van der Waals surface area contributed by atoms with E-state index in [1.165, 1.54) is 11.3 Å². The van der Waals surface area contributed by atoms with Crippen molar-refractivity contribution in [2.45, 2.75) is 18.5 Å². The van der Waals surface area contributed by atoms with Gasteiger partial charge in [0, 0.05) is 17.4 Å². The van der Waals surface area contributed by atoms with Crippen molar-refractivity contribution in [2.24, 2.45) is 0 Å². The Hall–Kier alpha value is -2.06. The van der Waals surface area contributed by atoms with Crippen LogP contribution in [-0.4, -0.2) is 12.0 Å². The number of hydrogen-bond acceptors (Lipinski definition) is 2. The highest BCUT2D eigenvalue weighted by Crippen LogP contribution is 2.26. The molecule has 0 amide bonds. The van der Waals surface area contributed by atoms with Crippen LogP contribution in [0.25, 0.3) is 0 Å². The van der Waals surface area contributed by atoms with Gasteiger partial charge in [0.1, 0.15) is 0 Å². The summed E-state index contributed by atoms with van der Waals surface area (Å²) < 4.78 is 37.3. The molecule has 0 aliphatic rings. The molecule has 0 unspecified atom stereocenters. The molecule has 1 aromatic carbocycles. The van der Waals surface area contributed by atoms with Gasteiger partial charge >= 0.3 is 6.18 Å². The van der Waals surface area contributed by atoms with E-state index in [1.807, 2.05) is 5.38 Å². The van der Waals surface area contributed by atoms with Crippen LogP contribution in [0.5, 0.6) is 0 Å². The first kappa shape index (κ1) is 15.3. The summed E-state index contributed by atoms with van der Waals surface area (Å²) in [4.78, 5) is 11.2. The minimum absolute atomic E-state index is 0.609. The predicted molar refractivity (Wildman–Crippen MR) is 76.1 cm³/mol. The second-order valence-corrected chi connectivity index (χ2v) is 5.15. The van der Waals surface area contributed by atoms with Gasteiger partial charge < -0.3 is 0 Å². The van der Waals surface area contributed by atoms with E-state index in [4.69, 9.17) is 0 Å². The summed E-state index contributed by atoms with van der Waals surface area (Å²) in [6.45, 7) is 0. The van der Waals surface area contributed by atoms with E-state index >= 15 is 0 Å². The van der Waals surface area contributed by atoms with Crippen LogP contribution in [0.2, 0.25) is 0 Å². The molecule has 0 bridgehead atoms. The summed E-state index contributed by atoms with van der Waals surface area (Å²) in [5.41, 5.74) is 1.35. The maximum atomic E-state index is 12.4. The summed E-state index contributed by atoms with van der Waals surface area (Å²) in [6, 6.07) is 10.3. The molecular formula is C16H11F3OS. The Kier molecular flexibility index (Phi) is 4.81. The number of hydrogen-bond donors (Lipinski definition) is 0. The molecule has 21 heavy (non-hydrogen) atoms. The van der Waals surface area contributed by atoms with Crippen LogP contribution < -0.4 is 0 Å². The molecule has 1 heterocycles. The van der Waals surface area contributed by atoms with E-state index in [0.717, 1.165) is 5.56 Å². The molecule has 0 radical (unpaired) electrons. The maximum absolute atomic E-state index is 12.4. The highest BCUT2D eigenvalue weighted by atomic mass is 32.1. The van der Waals surface area contributed by atoms with Gasteiger partial charge in [-0.25, -0.2) is 0 Å². The first-order chi connectivity index (χ1) is 9.97. The van der Waals surface area contributed by atoms with E-state index in [1.54, 1.807) is 41.8 Å². The first-order valence-corrected chi connectivity index (χ1v) is 7.10. The van der Waals surface area contributed by atoms with Gasteiger partial charge in [-0.3, -0.25) is 4.79 Å². The third-order valence-electron chi connectivity index (χ3n) is 2.82. The van der Waals surface area contributed by atoms with Crippen molar-refractivity contribution >= 4 is 17.1 Å². The highest BCUT2D eigenvalue weighted by molar-refractivity contribution is 7.08. The molecule has 0 saturated heterocycles. The molecule has 108 valence electrons. The minimum Gasteiger partial charge on any atom is -0.290 e. The van der Waals surface area contributed by atoms with E-state index in [-0.39, 0.29) is 0 Å². The second kappa shape index (κ2) is 6.59. The quantitative estimate of drug-likeness (QED) is 0.768. The molecule has 5 heteroatoms. The molecule has 2 rings (SSSR count). The SMILES string of the molecule is O=C(C[C@@H](C#Cc1ccsc1)c1ccccc1)C(F)(F)F. The maximum Gasteiger partial charge on any atom is 0.450 e. The van der Waals surface area contributed by atoms with E-state index < -0.39 is 24.3 Å². The zero-order chi connectivity index (χ0) is 15.3. The number of alkyl halides is 3. The average Bonchev–Trinajstić information content (AvgIpc) is 2.96. The first-order valence-electron chi connectivity index (χ1n) is 6.15. The fraction of sp³-hybridized carbons (Fsp3) is 0.188. The zero-order valence-electron chi connectivity index (χ0n) is 10.9. The highest BCUT2D eigenvalue weighted by Gasteiger charge is 2.39. The van der Waals surface area contributed by atoms with Crippen molar-refractivity contribution in [2.75, 3.05) is 0 Å².